The Kier molecular flexibility index (Phi) is 6.39. The van der Waals surface area contributed by atoms with Crippen molar-refractivity contribution in [1.29, 1.82) is 0 Å². The molecule has 1 aromatic rings. The summed E-state index contributed by atoms with van der Waals surface area (Å²) in [5.74, 6) is 0.0619. The molecule has 0 saturated carbocycles. The summed E-state index contributed by atoms with van der Waals surface area (Å²) in [7, 11) is 0. The van der Waals surface area contributed by atoms with Gasteiger partial charge in [0.05, 0.1) is 6.54 Å². The van der Waals surface area contributed by atoms with Crippen molar-refractivity contribution < 1.29 is 9.59 Å². The molecule has 2 heterocycles. The molecule has 0 bridgehead atoms. The van der Waals surface area contributed by atoms with Crippen LogP contribution in [0.4, 0.5) is 0 Å². The van der Waals surface area contributed by atoms with E-state index in [-0.39, 0.29) is 17.9 Å². The van der Waals surface area contributed by atoms with E-state index < -0.39 is 0 Å². The molecule has 2 rings (SSSR count). The van der Waals surface area contributed by atoms with Gasteiger partial charge < -0.3 is 15.1 Å². The lowest BCUT2D eigenvalue weighted by atomic mass is 10.2. The van der Waals surface area contributed by atoms with Crippen molar-refractivity contribution in [2.45, 2.75) is 39.3 Å². The van der Waals surface area contributed by atoms with Crippen molar-refractivity contribution in [2.24, 2.45) is 0 Å². The van der Waals surface area contributed by atoms with E-state index in [0.29, 0.717) is 25.9 Å². The third kappa shape index (κ3) is 4.30. The van der Waals surface area contributed by atoms with Crippen LogP contribution in [0.2, 0.25) is 0 Å². The van der Waals surface area contributed by atoms with Crippen molar-refractivity contribution in [3.8, 4) is 0 Å². The molecule has 2 amide bonds. The van der Waals surface area contributed by atoms with Crippen molar-refractivity contribution in [1.82, 2.24) is 15.1 Å². The molecule has 1 atom stereocenters. The Balaban J connectivity index is 1.86. The quantitative estimate of drug-likeness (QED) is 0.792. The predicted molar refractivity (Wildman–Crippen MR) is 88.7 cm³/mol. The van der Waals surface area contributed by atoms with Crippen LogP contribution < -0.4 is 5.32 Å². The van der Waals surface area contributed by atoms with Gasteiger partial charge in [0.1, 0.15) is 6.04 Å². The standard InChI is InChI=1S/C16H25N3O2S/c1-3-18(4-2)10-9-17-16(21)14-7-8-15(20)19(14)12-13-6-5-11-22-13/h5-6,11,14H,3-4,7-10,12H2,1-2H3,(H,17,21). The lowest BCUT2D eigenvalue weighted by molar-refractivity contribution is -0.135. The van der Waals surface area contributed by atoms with Gasteiger partial charge in [0.2, 0.25) is 11.8 Å². The van der Waals surface area contributed by atoms with Gasteiger partial charge in [-0.15, -0.1) is 11.3 Å². The summed E-state index contributed by atoms with van der Waals surface area (Å²) >= 11 is 1.62. The summed E-state index contributed by atoms with van der Waals surface area (Å²) in [5.41, 5.74) is 0. The molecule has 6 heteroatoms. The normalized spacial score (nSPS) is 18.2. The number of carbonyl (C=O) groups excluding carboxylic acids is 2. The Labute approximate surface area is 136 Å². The van der Waals surface area contributed by atoms with E-state index in [2.05, 4.69) is 24.1 Å². The molecule has 1 unspecified atom stereocenters. The lowest BCUT2D eigenvalue weighted by Crippen LogP contribution is -2.46. The van der Waals surface area contributed by atoms with E-state index in [4.69, 9.17) is 0 Å². The summed E-state index contributed by atoms with van der Waals surface area (Å²) in [4.78, 5) is 29.5. The molecular weight excluding hydrogens is 298 g/mol. The number of carbonyl (C=O) groups is 2. The van der Waals surface area contributed by atoms with Gasteiger partial charge in [0, 0.05) is 24.4 Å². The lowest BCUT2D eigenvalue weighted by Gasteiger charge is -2.24. The van der Waals surface area contributed by atoms with Crippen LogP contribution >= 0.6 is 11.3 Å². The molecule has 122 valence electrons. The number of thiophene rings is 1. The first-order chi connectivity index (χ1) is 10.7. The third-order valence-electron chi connectivity index (χ3n) is 4.16. The third-order valence-corrected chi connectivity index (χ3v) is 5.02. The Hall–Kier alpha value is -1.40. The molecule has 1 N–H and O–H groups in total. The minimum absolute atomic E-state index is 0.0189. The smallest absolute Gasteiger partial charge is 0.242 e. The van der Waals surface area contributed by atoms with Crippen LogP contribution in [0.25, 0.3) is 0 Å². The molecule has 22 heavy (non-hydrogen) atoms. The SMILES string of the molecule is CCN(CC)CCNC(=O)C1CCC(=O)N1Cc1cccs1. The second-order valence-corrected chi connectivity index (χ2v) is 6.51. The Morgan fingerprint density at radius 3 is 2.86 bits per heavy atom. The highest BCUT2D eigenvalue weighted by atomic mass is 32.1. The van der Waals surface area contributed by atoms with E-state index in [9.17, 15) is 9.59 Å². The van der Waals surface area contributed by atoms with Crippen molar-refractivity contribution in [3.63, 3.8) is 0 Å². The van der Waals surface area contributed by atoms with Crippen LogP contribution in [0.5, 0.6) is 0 Å². The fourth-order valence-electron chi connectivity index (χ4n) is 2.77. The molecule has 0 aliphatic carbocycles. The summed E-state index contributed by atoms with van der Waals surface area (Å²) in [6.45, 7) is 8.23. The zero-order chi connectivity index (χ0) is 15.9. The number of nitrogens with one attached hydrogen (secondary N) is 1. The van der Waals surface area contributed by atoms with E-state index >= 15 is 0 Å². The summed E-state index contributed by atoms with van der Waals surface area (Å²) in [6.07, 6.45) is 1.10. The molecule has 0 spiro atoms. The summed E-state index contributed by atoms with van der Waals surface area (Å²) in [5, 5.41) is 4.98. The van der Waals surface area contributed by atoms with E-state index in [1.54, 1.807) is 16.2 Å². The number of hydrogen-bond acceptors (Lipinski definition) is 4. The maximum Gasteiger partial charge on any atom is 0.242 e. The minimum atomic E-state index is -0.314. The van der Waals surface area contributed by atoms with Crippen LogP contribution in [0.1, 0.15) is 31.6 Å². The Morgan fingerprint density at radius 2 is 2.23 bits per heavy atom. The highest BCUT2D eigenvalue weighted by Gasteiger charge is 2.35. The highest BCUT2D eigenvalue weighted by molar-refractivity contribution is 7.09. The molecule has 5 nitrogen and oxygen atoms in total. The average Bonchev–Trinajstić information content (AvgIpc) is 3.15. The van der Waals surface area contributed by atoms with Crippen molar-refractivity contribution >= 4 is 23.2 Å². The van der Waals surface area contributed by atoms with Crippen LogP contribution in [0.15, 0.2) is 17.5 Å². The van der Waals surface area contributed by atoms with Gasteiger partial charge in [0.15, 0.2) is 0 Å². The largest absolute Gasteiger partial charge is 0.353 e. The average molecular weight is 323 g/mol. The van der Waals surface area contributed by atoms with Gasteiger partial charge in [-0.05, 0) is 31.0 Å². The second kappa shape index (κ2) is 8.29. The van der Waals surface area contributed by atoms with Crippen LogP contribution in [0.3, 0.4) is 0 Å². The zero-order valence-corrected chi connectivity index (χ0v) is 14.2. The molecule has 1 aromatic heterocycles. The molecule has 1 aliphatic heterocycles. The number of hydrogen-bond donors (Lipinski definition) is 1. The van der Waals surface area contributed by atoms with Crippen LogP contribution in [0, 0.1) is 0 Å². The highest BCUT2D eigenvalue weighted by Crippen LogP contribution is 2.23. The number of nitrogens with zero attached hydrogens (tertiary/aromatic N) is 2. The summed E-state index contributed by atoms with van der Waals surface area (Å²) in [6, 6.07) is 3.66. The van der Waals surface area contributed by atoms with Crippen molar-refractivity contribution in [3.05, 3.63) is 22.4 Å². The molecular formula is C16H25N3O2S. The van der Waals surface area contributed by atoms with Crippen LogP contribution in [-0.2, 0) is 16.1 Å². The molecule has 1 aliphatic rings. The van der Waals surface area contributed by atoms with E-state index in [1.807, 2.05) is 17.5 Å². The van der Waals surface area contributed by atoms with E-state index in [1.165, 1.54) is 0 Å². The maximum absolute atomic E-state index is 12.4. The predicted octanol–water partition coefficient (Wildman–Crippen LogP) is 1.70. The van der Waals surface area contributed by atoms with E-state index in [0.717, 1.165) is 24.5 Å². The second-order valence-electron chi connectivity index (χ2n) is 5.47. The van der Waals surface area contributed by atoms with Crippen molar-refractivity contribution in [2.75, 3.05) is 26.2 Å². The number of rotatable bonds is 8. The molecule has 1 saturated heterocycles. The topological polar surface area (TPSA) is 52.7 Å². The Morgan fingerprint density at radius 1 is 1.45 bits per heavy atom. The van der Waals surface area contributed by atoms with Crippen LogP contribution in [-0.4, -0.2) is 53.8 Å². The van der Waals surface area contributed by atoms with Gasteiger partial charge >= 0.3 is 0 Å². The Bertz CT molecular complexity index is 486. The van der Waals surface area contributed by atoms with Gasteiger partial charge in [-0.2, -0.15) is 0 Å². The molecule has 0 aromatic carbocycles. The van der Waals surface area contributed by atoms with Gasteiger partial charge in [-0.3, -0.25) is 9.59 Å². The first-order valence-electron chi connectivity index (χ1n) is 7.97. The first kappa shape index (κ1) is 17.0. The fraction of sp³-hybridized carbons (Fsp3) is 0.625. The van der Waals surface area contributed by atoms with Gasteiger partial charge in [-0.1, -0.05) is 19.9 Å². The summed E-state index contributed by atoms with van der Waals surface area (Å²) < 4.78 is 0. The first-order valence-corrected chi connectivity index (χ1v) is 8.85. The molecule has 0 radical (unpaired) electrons. The maximum atomic E-state index is 12.4. The monoisotopic (exact) mass is 323 g/mol. The minimum Gasteiger partial charge on any atom is -0.353 e. The number of amides is 2. The molecule has 1 fully saturated rings. The van der Waals surface area contributed by atoms with Gasteiger partial charge in [0.25, 0.3) is 0 Å². The number of likely N-dealkylation sites (tertiary alicyclic amines) is 1. The zero-order valence-electron chi connectivity index (χ0n) is 13.4. The van der Waals surface area contributed by atoms with Gasteiger partial charge in [-0.25, -0.2) is 0 Å². The number of likely N-dealkylation sites (N-methyl/N-ethyl adjacent to an activating group) is 1. The fourth-order valence-corrected chi connectivity index (χ4v) is 3.47.